The number of hydrogen-bond acceptors (Lipinski definition) is 2. The second-order valence-corrected chi connectivity index (χ2v) is 4.74. The number of nitrogens with zero attached hydrogens (tertiary/aromatic N) is 2. The van der Waals surface area contributed by atoms with E-state index in [0.717, 1.165) is 0 Å². The zero-order chi connectivity index (χ0) is 12.9. The molecule has 0 spiro atoms. The molecule has 3 rings (SSSR count). The van der Waals surface area contributed by atoms with Crippen LogP contribution in [0.1, 0.15) is 18.4 Å². The van der Waals surface area contributed by atoms with E-state index in [2.05, 4.69) is 0 Å². The SMILES string of the molecule is Cc1ccc(N2C(=O)CN3C(=O)CCC32)cc1F. The van der Waals surface area contributed by atoms with Crippen molar-refractivity contribution >= 4 is 17.5 Å². The van der Waals surface area contributed by atoms with E-state index in [9.17, 15) is 14.0 Å². The van der Waals surface area contributed by atoms with Crippen molar-refractivity contribution in [2.45, 2.75) is 25.9 Å². The van der Waals surface area contributed by atoms with Crippen LogP contribution < -0.4 is 4.90 Å². The van der Waals surface area contributed by atoms with Gasteiger partial charge in [0.05, 0.1) is 0 Å². The summed E-state index contributed by atoms with van der Waals surface area (Å²) >= 11 is 0. The molecule has 2 heterocycles. The first-order valence-electron chi connectivity index (χ1n) is 5.95. The lowest BCUT2D eigenvalue weighted by atomic mass is 10.2. The molecule has 4 nitrogen and oxygen atoms in total. The van der Waals surface area contributed by atoms with Crippen LogP contribution in [0.3, 0.4) is 0 Å². The van der Waals surface area contributed by atoms with Gasteiger partial charge in [0.15, 0.2) is 0 Å². The molecule has 2 saturated heterocycles. The van der Waals surface area contributed by atoms with Crippen molar-refractivity contribution in [1.82, 2.24) is 4.90 Å². The van der Waals surface area contributed by atoms with Gasteiger partial charge in [-0.2, -0.15) is 0 Å². The number of halogens is 1. The highest BCUT2D eigenvalue weighted by atomic mass is 19.1. The van der Waals surface area contributed by atoms with Crippen LogP contribution in [-0.2, 0) is 9.59 Å². The molecule has 2 aliphatic rings. The van der Waals surface area contributed by atoms with E-state index in [4.69, 9.17) is 0 Å². The molecule has 0 aromatic heterocycles. The molecule has 2 amide bonds. The van der Waals surface area contributed by atoms with Crippen LogP contribution in [0.15, 0.2) is 18.2 Å². The maximum absolute atomic E-state index is 13.6. The summed E-state index contributed by atoms with van der Waals surface area (Å²) in [7, 11) is 0. The van der Waals surface area contributed by atoms with Gasteiger partial charge in [0.25, 0.3) is 0 Å². The molecule has 18 heavy (non-hydrogen) atoms. The number of anilines is 1. The Morgan fingerprint density at radius 2 is 2.06 bits per heavy atom. The predicted molar refractivity (Wildman–Crippen MR) is 63.4 cm³/mol. The summed E-state index contributed by atoms with van der Waals surface area (Å²) in [6.07, 6.45) is 0.857. The van der Waals surface area contributed by atoms with E-state index < -0.39 is 0 Å². The second-order valence-electron chi connectivity index (χ2n) is 4.74. The van der Waals surface area contributed by atoms with Crippen molar-refractivity contribution < 1.29 is 14.0 Å². The highest BCUT2D eigenvalue weighted by molar-refractivity contribution is 6.02. The largest absolute Gasteiger partial charge is 0.312 e. The summed E-state index contributed by atoms with van der Waals surface area (Å²) in [6.45, 7) is 1.79. The molecule has 0 bridgehead atoms. The lowest BCUT2D eigenvalue weighted by Crippen LogP contribution is -2.36. The van der Waals surface area contributed by atoms with Crippen molar-refractivity contribution in [3.8, 4) is 0 Å². The fraction of sp³-hybridized carbons (Fsp3) is 0.385. The Morgan fingerprint density at radius 1 is 1.28 bits per heavy atom. The van der Waals surface area contributed by atoms with Gasteiger partial charge in [0.1, 0.15) is 18.5 Å². The molecular formula is C13H13FN2O2. The van der Waals surface area contributed by atoms with E-state index in [0.29, 0.717) is 24.1 Å². The van der Waals surface area contributed by atoms with Gasteiger partial charge < -0.3 is 4.90 Å². The Morgan fingerprint density at radius 3 is 2.78 bits per heavy atom. The Kier molecular flexibility index (Phi) is 2.36. The summed E-state index contributed by atoms with van der Waals surface area (Å²) in [5, 5.41) is 0. The third-order valence-corrected chi connectivity index (χ3v) is 3.60. The maximum atomic E-state index is 13.6. The summed E-state index contributed by atoms with van der Waals surface area (Å²) in [6, 6.07) is 4.74. The van der Waals surface area contributed by atoms with Gasteiger partial charge in [0.2, 0.25) is 11.8 Å². The highest BCUT2D eigenvalue weighted by Gasteiger charge is 2.45. The number of fused-ring (bicyclic) bond motifs is 1. The Labute approximate surface area is 104 Å². The molecule has 0 saturated carbocycles. The minimum Gasteiger partial charge on any atom is -0.312 e. The number of rotatable bonds is 1. The molecule has 2 fully saturated rings. The lowest BCUT2D eigenvalue weighted by molar-refractivity contribution is -0.129. The summed E-state index contributed by atoms with van der Waals surface area (Å²) in [5.41, 5.74) is 1.08. The minimum atomic E-state index is -0.330. The van der Waals surface area contributed by atoms with Crippen LogP contribution in [0.5, 0.6) is 0 Å². The normalized spacial score (nSPS) is 22.9. The van der Waals surface area contributed by atoms with Crippen LogP contribution in [0.25, 0.3) is 0 Å². The van der Waals surface area contributed by atoms with Gasteiger partial charge in [-0.05, 0) is 31.0 Å². The topological polar surface area (TPSA) is 40.6 Å². The Hall–Kier alpha value is -1.91. The van der Waals surface area contributed by atoms with Crippen molar-refractivity contribution in [3.05, 3.63) is 29.6 Å². The quantitative estimate of drug-likeness (QED) is 0.754. The lowest BCUT2D eigenvalue weighted by Gasteiger charge is -2.24. The average molecular weight is 248 g/mol. The summed E-state index contributed by atoms with van der Waals surface area (Å²) < 4.78 is 13.6. The molecule has 94 valence electrons. The van der Waals surface area contributed by atoms with E-state index in [1.807, 2.05) is 0 Å². The molecule has 0 radical (unpaired) electrons. The molecule has 1 atom stereocenters. The number of hydrogen-bond donors (Lipinski definition) is 0. The molecule has 5 heteroatoms. The number of amides is 2. The monoisotopic (exact) mass is 248 g/mol. The fourth-order valence-electron chi connectivity index (χ4n) is 2.62. The van der Waals surface area contributed by atoms with Gasteiger partial charge in [-0.25, -0.2) is 4.39 Å². The van der Waals surface area contributed by atoms with Crippen molar-refractivity contribution in [3.63, 3.8) is 0 Å². The van der Waals surface area contributed by atoms with Crippen LogP contribution in [0, 0.1) is 12.7 Å². The zero-order valence-corrected chi connectivity index (χ0v) is 10.0. The average Bonchev–Trinajstić information content (AvgIpc) is 2.83. The summed E-state index contributed by atoms with van der Waals surface area (Å²) in [4.78, 5) is 26.6. The molecule has 2 aliphatic heterocycles. The standard InChI is InChI=1S/C13H13FN2O2/c1-8-2-3-9(6-10(8)14)16-11-4-5-12(17)15(11)7-13(16)18/h2-3,6,11H,4-5,7H2,1H3. The number of carbonyl (C=O) groups is 2. The first kappa shape index (κ1) is 11.2. The Balaban J connectivity index is 1.98. The van der Waals surface area contributed by atoms with Crippen molar-refractivity contribution in [2.75, 3.05) is 11.4 Å². The Bertz CT molecular complexity index is 544. The van der Waals surface area contributed by atoms with E-state index in [1.54, 1.807) is 24.0 Å². The van der Waals surface area contributed by atoms with Gasteiger partial charge in [-0.3, -0.25) is 14.5 Å². The zero-order valence-electron chi connectivity index (χ0n) is 10.0. The van der Waals surface area contributed by atoms with E-state index in [1.165, 1.54) is 11.0 Å². The van der Waals surface area contributed by atoms with E-state index in [-0.39, 0.29) is 30.3 Å². The summed E-state index contributed by atoms with van der Waals surface area (Å²) in [5.74, 6) is -0.470. The van der Waals surface area contributed by atoms with Gasteiger partial charge >= 0.3 is 0 Å². The van der Waals surface area contributed by atoms with Gasteiger partial charge in [-0.1, -0.05) is 6.07 Å². The van der Waals surface area contributed by atoms with Gasteiger partial charge in [0, 0.05) is 12.1 Å². The molecular weight excluding hydrogens is 235 g/mol. The van der Waals surface area contributed by atoms with Gasteiger partial charge in [-0.15, -0.1) is 0 Å². The minimum absolute atomic E-state index is 0.00318. The van der Waals surface area contributed by atoms with E-state index >= 15 is 0 Å². The molecule has 0 aliphatic carbocycles. The fourth-order valence-corrected chi connectivity index (χ4v) is 2.62. The van der Waals surface area contributed by atoms with Crippen LogP contribution in [0.2, 0.25) is 0 Å². The highest BCUT2D eigenvalue weighted by Crippen LogP contribution is 2.32. The first-order valence-corrected chi connectivity index (χ1v) is 5.95. The molecule has 0 N–H and O–H groups in total. The van der Waals surface area contributed by atoms with Crippen molar-refractivity contribution in [1.29, 1.82) is 0 Å². The number of aryl methyl sites for hydroxylation is 1. The maximum Gasteiger partial charge on any atom is 0.248 e. The second kappa shape index (κ2) is 3.80. The molecule has 1 aromatic rings. The number of benzene rings is 1. The number of carbonyl (C=O) groups excluding carboxylic acids is 2. The molecule has 1 aromatic carbocycles. The van der Waals surface area contributed by atoms with Crippen molar-refractivity contribution in [2.24, 2.45) is 0 Å². The first-order chi connectivity index (χ1) is 8.58. The smallest absolute Gasteiger partial charge is 0.248 e. The third-order valence-electron chi connectivity index (χ3n) is 3.60. The third kappa shape index (κ3) is 1.50. The van der Waals surface area contributed by atoms with Crippen LogP contribution in [0.4, 0.5) is 10.1 Å². The van der Waals surface area contributed by atoms with Crippen LogP contribution >= 0.6 is 0 Å². The molecule has 1 unspecified atom stereocenters. The van der Waals surface area contributed by atoms with Crippen LogP contribution in [-0.4, -0.2) is 29.4 Å². The predicted octanol–water partition coefficient (Wildman–Crippen LogP) is 1.43.